The molecule has 3 atom stereocenters. The van der Waals surface area contributed by atoms with Crippen molar-refractivity contribution in [2.24, 2.45) is 17.8 Å². The summed E-state index contributed by atoms with van der Waals surface area (Å²) in [5, 5.41) is 0. The molecule has 2 aromatic rings. The summed E-state index contributed by atoms with van der Waals surface area (Å²) in [6, 6.07) is 14.2. The van der Waals surface area contributed by atoms with Crippen LogP contribution in [0.3, 0.4) is 0 Å². The largest absolute Gasteiger partial charge is 0.462 e. The maximum absolute atomic E-state index is 12.2. The number of carbonyl (C=O) groups excluding carboxylic acids is 2. The van der Waals surface area contributed by atoms with Gasteiger partial charge in [0.1, 0.15) is 5.75 Å². The topological polar surface area (TPSA) is 52.6 Å². The number of hydrogen-bond acceptors (Lipinski definition) is 4. The van der Waals surface area contributed by atoms with E-state index in [0.717, 1.165) is 17.5 Å². The molecule has 0 saturated heterocycles. The summed E-state index contributed by atoms with van der Waals surface area (Å²) in [7, 11) is 0. The molecule has 2 aromatic carbocycles. The number of rotatable bonds is 6. The van der Waals surface area contributed by atoms with Crippen molar-refractivity contribution in [1.82, 2.24) is 0 Å². The molecule has 2 bridgehead atoms. The first-order valence-electron chi connectivity index (χ1n) is 9.99. The fraction of sp³-hybridized carbons (Fsp3) is 0.280. The van der Waals surface area contributed by atoms with Crippen LogP contribution in [-0.2, 0) is 9.53 Å². The number of carbonyl (C=O) groups is 2. The second-order valence-corrected chi connectivity index (χ2v) is 7.83. The van der Waals surface area contributed by atoms with E-state index in [-0.39, 0.29) is 5.97 Å². The molecule has 1 saturated carbocycles. The van der Waals surface area contributed by atoms with Crippen LogP contribution in [0.15, 0.2) is 66.8 Å². The van der Waals surface area contributed by atoms with E-state index in [4.69, 9.17) is 9.47 Å². The monoisotopic (exact) mass is 388 g/mol. The highest BCUT2D eigenvalue weighted by Gasteiger charge is 2.36. The predicted molar refractivity (Wildman–Crippen MR) is 111 cm³/mol. The fourth-order valence-electron chi connectivity index (χ4n) is 3.99. The zero-order valence-electron chi connectivity index (χ0n) is 16.4. The standard InChI is InChI=1S/C25H24O4/c1-17-2-8-20(9-3-17)25(27)29-23-11-5-18(6-12-23)7-13-24(26)28-16-22-15-19-4-10-21(22)14-19/h2-13,19,21-22H,14-16H2,1H3. The minimum Gasteiger partial charge on any atom is -0.462 e. The molecule has 4 heteroatoms. The third-order valence-electron chi connectivity index (χ3n) is 5.65. The van der Waals surface area contributed by atoms with Crippen LogP contribution < -0.4 is 4.74 Å². The number of aryl methyl sites for hydroxylation is 1. The summed E-state index contributed by atoms with van der Waals surface area (Å²) >= 11 is 0. The Kier molecular flexibility index (Phi) is 5.61. The first-order valence-corrected chi connectivity index (χ1v) is 9.99. The normalized spacial score (nSPS) is 22.2. The molecule has 0 amide bonds. The Hall–Kier alpha value is -3.14. The van der Waals surface area contributed by atoms with Crippen LogP contribution in [0, 0.1) is 24.7 Å². The molecule has 4 nitrogen and oxygen atoms in total. The number of benzene rings is 2. The van der Waals surface area contributed by atoms with E-state index in [1.54, 1.807) is 42.5 Å². The molecule has 2 aliphatic carbocycles. The van der Waals surface area contributed by atoms with Gasteiger partial charge in [0, 0.05) is 6.08 Å². The van der Waals surface area contributed by atoms with E-state index in [1.807, 2.05) is 19.1 Å². The SMILES string of the molecule is Cc1ccc(C(=O)Oc2ccc(C=CC(=O)OCC3CC4C=CC3C4)cc2)cc1. The van der Waals surface area contributed by atoms with Gasteiger partial charge >= 0.3 is 11.9 Å². The lowest BCUT2D eigenvalue weighted by Crippen LogP contribution is -2.16. The third-order valence-corrected chi connectivity index (χ3v) is 5.65. The molecule has 3 unspecified atom stereocenters. The van der Waals surface area contributed by atoms with E-state index >= 15 is 0 Å². The molecule has 148 valence electrons. The van der Waals surface area contributed by atoms with Crippen LogP contribution in [0.5, 0.6) is 5.75 Å². The van der Waals surface area contributed by atoms with Crippen molar-refractivity contribution in [2.75, 3.05) is 6.61 Å². The smallest absolute Gasteiger partial charge is 0.343 e. The average Bonchev–Trinajstić information content (AvgIpc) is 3.35. The summed E-state index contributed by atoms with van der Waals surface area (Å²) in [4.78, 5) is 24.1. The molecule has 0 spiro atoms. The molecular weight excluding hydrogens is 364 g/mol. The van der Waals surface area contributed by atoms with Crippen molar-refractivity contribution in [3.8, 4) is 5.75 Å². The molecule has 0 heterocycles. The maximum atomic E-state index is 12.2. The lowest BCUT2D eigenvalue weighted by Gasteiger charge is -2.17. The van der Waals surface area contributed by atoms with Crippen molar-refractivity contribution in [1.29, 1.82) is 0 Å². The molecule has 1 fully saturated rings. The van der Waals surface area contributed by atoms with Gasteiger partial charge in [-0.05, 0) is 73.4 Å². The lowest BCUT2D eigenvalue weighted by atomic mass is 9.95. The van der Waals surface area contributed by atoms with E-state index in [0.29, 0.717) is 35.7 Å². The first-order chi connectivity index (χ1) is 14.1. The van der Waals surface area contributed by atoms with Crippen molar-refractivity contribution >= 4 is 18.0 Å². The Morgan fingerprint density at radius 1 is 1.00 bits per heavy atom. The Labute approximate surface area is 170 Å². The van der Waals surface area contributed by atoms with Crippen molar-refractivity contribution in [3.05, 3.63) is 83.4 Å². The quantitative estimate of drug-likeness (QED) is 0.303. The number of esters is 2. The van der Waals surface area contributed by atoms with E-state index in [9.17, 15) is 9.59 Å². The van der Waals surface area contributed by atoms with Crippen molar-refractivity contribution < 1.29 is 19.1 Å². The summed E-state index contributed by atoms with van der Waals surface area (Å²) < 4.78 is 10.8. The lowest BCUT2D eigenvalue weighted by molar-refractivity contribution is -0.139. The minimum absolute atomic E-state index is 0.327. The highest BCUT2D eigenvalue weighted by atomic mass is 16.5. The Balaban J connectivity index is 1.26. The van der Waals surface area contributed by atoms with Gasteiger partial charge in [-0.25, -0.2) is 9.59 Å². The maximum Gasteiger partial charge on any atom is 0.343 e. The van der Waals surface area contributed by atoms with Gasteiger partial charge in [0.2, 0.25) is 0 Å². The number of ether oxygens (including phenoxy) is 2. The van der Waals surface area contributed by atoms with E-state index < -0.39 is 5.97 Å². The molecule has 4 rings (SSSR count). The predicted octanol–water partition coefficient (Wildman–Crippen LogP) is 4.98. The average molecular weight is 388 g/mol. The number of fused-ring (bicyclic) bond motifs is 2. The van der Waals surface area contributed by atoms with E-state index in [1.165, 1.54) is 12.5 Å². The number of hydrogen-bond donors (Lipinski definition) is 0. The Morgan fingerprint density at radius 3 is 2.41 bits per heavy atom. The van der Waals surface area contributed by atoms with Crippen molar-refractivity contribution in [3.63, 3.8) is 0 Å². The molecule has 0 N–H and O–H groups in total. The molecule has 0 radical (unpaired) electrons. The molecule has 0 aliphatic heterocycles. The minimum atomic E-state index is -0.396. The summed E-state index contributed by atoms with van der Waals surface area (Å²) in [6.07, 6.45) is 10.0. The van der Waals surface area contributed by atoms with E-state index in [2.05, 4.69) is 12.2 Å². The second-order valence-electron chi connectivity index (χ2n) is 7.83. The zero-order valence-corrected chi connectivity index (χ0v) is 16.4. The second kappa shape index (κ2) is 8.48. The zero-order chi connectivity index (χ0) is 20.2. The van der Waals surface area contributed by atoms with Gasteiger partial charge in [0.15, 0.2) is 0 Å². The van der Waals surface area contributed by atoms with Gasteiger partial charge in [0.25, 0.3) is 0 Å². The van der Waals surface area contributed by atoms with Gasteiger partial charge in [0.05, 0.1) is 12.2 Å². The van der Waals surface area contributed by atoms with Gasteiger partial charge in [-0.2, -0.15) is 0 Å². The van der Waals surface area contributed by atoms with Gasteiger partial charge in [-0.15, -0.1) is 0 Å². The molecular formula is C25H24O4. The molecule has 0 aromatic heterocycles. The van der Waals surface area contributed by atoms with Crippen molar-refractivity contribution in [2.45, 2.75) is 19.8 Å². The Bertz CT molecular complexity index is 938. The van der Waals surface area contributed by atoms with Crippen LogP contribution in [0.4, 0.5) is 0 Å². The first kappa shape index (κ1) is 19.2. The highest BCUT2D eigenvalue weighted by Crippen LogP contribution is 2.43. The van der Waals surface area contributed by atoms with Crippen LogP contribution in [-0.4, -0.2) is 18.5 Å². The fourth-order valence-corrected chi connectivity index (χ4v) is 3.99. The van der Waals surface area contributed by atoms with Crippen LogP contribution >= 0.6 is 0 Å². The summed E-state index contributed by atoms with van der Waals surface area (Å²) in [6.45, 7) is 2.45. The highest BCUT2D eigenvalue weighted by molar-refractivity contribution is 5.91. The third kappa shape index (κ3) is 4.83. The van der Waals surface area contributed by atoms with Gasteiger partial charge in [-0.1, -0.05) is 42.0 Å². The van der Waals surface area contributed by atoms with Crippen LogP contribution in [0.2, 0.25) is 0 Å². The molecule has 2 aliphatic rings. The Morgan fingerprint density at radius 2 is 1.76 bits per heavy atom. The van der Waals surface area contributed by atoms with Gasteiger partial charge < -0.3 is 9.47 Å². The van der Waals surface area contributed by atoms with Crippen LogP contribution in [0.1, 0.15) is 34.3 Å². The summed E-state index contributed by atoms with van der Waals surface area (Å²) in [5.74, 6) is 1.45. The van der Waals surface area contributed by atoms with Crippen LogP contribution in [0.25, 0.3) is 6.08 Å². The molecule has 29 heavy (non-hydrogen) atoms. The number of allylic oxidation sites excluding steroid dienone is 2. The summed E-state index contributed by atoms with van der Waals surface area (Å²) in [5.41, 5.74) is 2.43. The van der Waals surface area contributed by atoms with Gasteiger partial charge in [-0.3, -0.25) is 0 Å².